The van der Waals surface area contributed by atoms with Crippen LogP contribution in [-0.2, 0) is 19.5 Å². The molecule has 5 nitrogen and oxygen atoms in total. The molecule has 2 aromatic heterocycles. The van der Waals surface area contributed by atoms with E-state index in [9.17, 15) is 0 Å². The van der Waals surface area contributed by atoms with Crippen LogP contribution in [0.2, 0.25) is 0 Å². The Morgan fingerprint density at radius 1 is 1.33 bits per heavy atom. The van der Waals surface area contributed by atoms with Gasteiger partial charge in [0, 0.05) is 19.0 Å². The molecule has 0 saturated carbocycles. The van der Waals surface area contributed by atoms with Crippen molar-refractivity contribution in [1.29, 1.82) is 0 Å². The van der Waals surface area contributed by atoms with E-state index in [0.29, 0.717) is 24.9 Å². The van der Waals surface area contributed by atoms with E-state index in [1.54, 1.807) is 13.3 Å². The molecule has 2 aromatic rings. The Hall–Kier alpha value is -1.88. The summed E-state index contributed by atoms with van der Waals surface area (Å²) >= 11 is 0. The Kier molecular flexibility index (Phi) is 4.30. The van der Waals surface area contributed by atoms with Gasteiger partial charge in [0.2, 0.25) is 11.8 Å². The van der Waals surface area contributed by atoms with Crippen molar-refractivity contribution >= 4 is 0 Å². The van der Waals surface area contributed by atoms with Crippen LogP contribution in [0, 0.1) is 0 Å². The summed E-state index contributed by atoms with van der Waals surface area (Å²) in [5.74, 6) is 2.24. The fraction of sp³-hybridized carbons (Fsp3) is 0.385. The van der Waals surface area contributed by atoms with Crippen molar-refractivity contribution in [2.45, 2.75) is 26.4 Å². The highest BCUT2D eigenvalue weighted by atomic mass is 16.5. The fourth-order valence-electron chi connectivity index (χ4n) is 1.56. The Balaban J connectivity index is 1.84. The van der Waals surface area contributed by atoms with Crippen molar-refractivity contribution in [1.82, 2.24) is 15.3 Å². The minimum atomic E-state index is 0.596. The number of pyridine rings is 1. The van der Waals surface area contributed by atoms with Crippen LogP contribution in [0.25, 0.3) is 0 Å². The quantitative estimate of drug-likeness (QED) is 0.845. The third-order valence-corrected chi connectivity index (χ3v) is 2.52. The van der Waals surface area contributed by atoms with Gasteiger partial charge >= 0.3 is 0 Å². The first kappa shape index (κ1) is 12.6. The van der Waals surface area contributed by atoms with E-state index in [-0.39, 0.29) is 0 Å². The SMILES string of the molecule is CCc1cnc(CNCc2cccc(OC)n2)o1. The minimum Gasteiger partial charge on any atom is -0.481 e. The minimum absolute atomic E-state index is 0.596. The highest BCUT2D eigenvalue weighted by molar-refractivity contribution is 5.15. The first-order valence-corrected chi connectivity index (χ1v) is 5.96. The van der Waals surface area contributed by atoms with E-state index >= 15 is 0 Å². The lowest BCUT2D eigenvalue weighted by molar-refractivity contribution is 0.395. The van der Waals surface area contributed by atoms with Gasteiger partial charge in [0.15, 0.2) is 0 Å². The molecule has 0 aliphatic heterocycles. The largest absolute Gasteiger partial charge is 0.481 e. The second kappa shape index (κ2) is 6.16. The molecule has 0 atom stereocenters. The normalized spacial score (nSPS) is 10.6. The van der Waals surface area contributed by atoms with Gasteiger partial charge in [-0.1, -0.05) is 13.0 Å². The maximum atomic E-state index is 5.50. The molecular formula is C13H17N3O2. The number of nitrogens with zero attached hydrogens (tertiary/aromatic N) is 2. The Morgan fingerprint density at radius 3 is 2.94 bits per heavy atom. The van der Waals surface area contributed by atoms with Crippen LogP contribution in [0.4, 0.5) is 0 Å². The van der Waals surface area contributed by atoms with Gasteiger partial charge in [0.25, 0.3) is 0 Å². The van der Waals surface area contributed by atoms with Gasteiger partial charge in [-0.3, -0.25) is 0 Å². The zero-order chi connectivity index (χ0) is 12.8. The molecule has 0 unspecified atom stereocenters. The molecule has 2 heterocycles. The van der Waals surface area contributed by atoms with Gasteiger partial charge in [0.05, 0.1) is 25.5 Å². The van der Waals surface area contributed by atoms with Crippen LogP contribution in [0.3, 0.4) is 0 Å². The van der Waals surface area contributed by atoms with Crippen molar-refractivity contribution in [3.05, 3.63) is 41.7 Å². The van der Waals surface area contributed by atoms with Gasteiger partial charge in [-0.2, -0.15) is 0 Å². The lowest BCUT2D eigenvalue weighted by Crippen LogP contribution is -2.14. The van der Waals surface area contributed by atoms with E-state index in [4.69, 9.17) is 9.15 Å². The van der Waals surface area contributed by atoms with Gasteiger partial charge in [-0.25, -0.2) is 9.97 Å². The Morgan fingerprint density at radius 2 is 2.22 bits per heavy atom. The third kappa shape index (κ3) is 3.30. The maximum Gasteiger partial charge on any atom is 0.213 e. The highest BCUT2D eigenvalue weighted by Gasteiger charge is 2.02. The molecule has 0 fully saturated rings. The van der Waals surface area contributed by atoms with E-state index < -0.39 is 0 Å². The summed E-state index contributed by atoms with van der Waals surface area (Å²) in [6.45, 7) is 3.29. The molecule has 0 saturated heterocycles. The molecule has 0 aliphatic carbocycles. The summed E-state index contributed by atoms with van der Waals surface area (Å²) in [4.78, 5) is 8.49. The molecule has 1 N–H and O–H groups in total. The summed E-state index contributed by atoms with van der Waals surface area (Å²) in [5.41, 5.74) is 0.927. The summed E-state index contributed by atoms with van der Waals surface area (Å²) in [5, 5.41) is 3.23. The van der Waals surface area contributed by atoms with Gasteiger partial charge in [-0.15, -0.1) is 0 Å². The Bertz CT molecular complexity index is 496. The lowest BCUT2D eigenvalue weighted by Gasteiger charge is -2.04. The van der Waals surface area contributed by atoms with Crippen molar-refractivity contribution in [2.75, 3.05) is 7.11 Å². The van der Waals surface area contributed by atoms with Gasteiger partial charge in [-0.05, 0) is 6.07 Å². The number of methoxy groups -OCH3 is 1. The molecule has 0 aliphatic rings. The van der Waals surface area contributed by atoms with E-state index in [1.165, 1.54) is 0 Å². The topological polar surface area (TPSA) is 60.2 Å². The van der Waals surface area contributed by atoms with Crippen molar-refractivity contribution in [3.8, 4) is 5.88 Å². The second-order valence-corrected chi connectivity index (χ2v) is 3.85. The summed E-state index contributed by atoms with van der Waals surface area (Å²) in [6, 6.07) is 5.69. The van der Waals surface area contributed by atoms with Crippen LogP contribution in [0.15, 0.2) is 28.8 Å². The van der Waals surface area contributed by atoms with Crippen molar-refractivity contribution in [2.24, 2.45) is 0 Å². The molecule has 18 heavy (non-hydrogen) atoms. The summed E-state index contributed by atoms with van der Waals surface area (Å²) in [7, 11) is 1.61. The van der Waals surface area contributed by atoms with E-state index in [2.05, 4.69) is 15.3 Å². The van der Waals surface area contributed by atoms with Crippen LogP contribution in [0.5, 0.6) is 5.88 Å². The number of aromatic nitrogens is 2. The smallest absolute Gasteiger partial charge is 0.213 e. The standard InChI is InChI=1S/C13H17N3O2/c1-3-11-8-15-13(18-11)9-14-7-10-5-4-6-12(16-10)17-2/h4-6,8,14H,3,7,9H2,1-2H3. The molecule has 0 bridgehead atoms. The van der Waals surface area contributed by atoms with Gasteiger partial charge in [0.1, 0.15) is 5.76 Å². The molecule has 0 aromatic carbocycles. The van der Waals surface area contributed by atoms with Crippen LogP contribution < -0.4 is 10.1 Å². The number of rotatable bonds is 6. The first-order valence-electron chi connectivity index (χ1n) is 5.96. The fourth-order valence-corrected chi connectivity index (χ4v) is 1.56. The predicted octanol–water partition coefficient (Wildman–Crippen LogP) is 1.93. The molecule has 2 rings (SSSR count). The number of oxazole rings is 1. The van der Waals surface area contributed by atoms with Crippen LogP contribution in [-0.4, -0.2) is 17.1 Å². The van der Waals surface area contributed by atoms with E-state index in [0.717, 1.165) is 17.9 Å². The molecule has 96 valence electrons. The lowest BCUT2D eigenvalue weighted by atomic mass is 10.3. The molecule has 0 radical (unpaired) electrons. The van der Waals surface area contributed by atoms with Crippen LogP contribution in [0.1, 0.15) is 24.3 Å². The number of hydrogen-bond acceptors (Lipinski definition) is 5. The second-order valence-electron chi connectivity index (χ2n) is 3.85. The highest BCUT2D eigenvalue weighted by Crippen LogP contribution is 2.07. The zero-order valence-electron chi connectivity index (χ0n) is 10.6. The number of aryl methyl sites for hydroxylation is 1. The molecular weight excluding hydrogens is 230 g/mol. The molecule has 0 amide bonds. The first-order chi connectivity index (χ1) is 8.81. The average Bonchev–Trinajstić information content (AvgIpc) is 2.87. The van der Waals surface area contributed by atoms with E-state index in [1.807, 2.05) is 25.1 Å². The predicted molar refractivity (Wildman–Crippen MR) is 67.2 cm³/mol. The van der Waals surface area contributed by atoms with Gasteiger partial charge < -0.3 is 14.5 Å². The summed E-state index contributed by atoms with van der Waals surface area (Å²) < 4.78 is 10.6. The Labute approximate surface area is 106 Å². The maximum absolute atomic E-state index is 5.50. The zero-order valence-corrected chi connectivity index (χ0v) is 10.6. The number of hydrogen-bond donors (Lipinski definition) is 1. The number of ether oxygens (including phenoxy) is 1. The van der Waals surface area contributed by atoms with Crippen LogP contribution >= 0.6 is 0 Å². The van der Waals surface area contributed by atoms with Crippen molar-refractivity contribution in [3.63, 3.8) is 0 Å². The molecule has 5 heteroatoms. The average molecular weight is 247 g/mol. The number of nitrogens with one attached hydrogen (secondary N) is 1. The summed E-state index contributed by atoms with van der Waals surface area (Å²) in [6.07, 6.45) is 2.63. The monoisotopic (exact) mass is 247 g/mol. The molecule has 0 spiro atoms. The third-order valence-electron chi connectivity index (χ3n) is 2.52. The van der Waals surface area contributed by atoms with Crippen molar-refractivity contribution < 1.29 is 9.15 Å².